The second kappa shape index (κ2) is 7.00. The molecule has 0 radical (unpaired) electrons. The number of carbonyl (C=O) groups excluding carboxylic acids is 2. The van der Waals surface area contributed by atoms with Gasteiger partial charge in [0.2, 0.25) is 0 Å². The molecular weight excluding hydrogens is 326 g/mol. The molecule has 1 aromatic heterocycles. The molecule has 2 aromatic rings. The number of hydrogen-bond acceptors (Lipinski definition) is 5. The van der Waals surface area contributed by atoms with E-state index >= 15 is 0 Å². The Morgan fingerprint density at radius 3 is 2.29 bits per heavy atom. The average Bonchev–Trinajstić information content (AvgIpc) is 2.80. The Balaban J connectivity index is 2.06. The van der Waals surface area contributed by atoms with Crippen LogP contribution in [0.1, 0.15) is 41.7 Å². The highest BCUT2D eigenvalue weighted by Crippen LogP contribution is 2.24. The minimum Gasteiger partial charge on any atom is -0.444 e. The summed E-state index contributed by atoms with van der Waals surface area (Å²) in [4.78, 5) is 28.8. The predicted molar refractivity (Wildman–Crippen MR) is 95.8 cm³/mol. The van der Waals surface area contributed by atoms with Crippen molar-refractivity contribution >= 4 is 34.2 Å². The molecule has 0 spiro atoms. The van der Waals surface area contributed by atoms with E-state index in [0.717, 1.165) is 16.9 Å². The van der Waals surface area contributed by atoms with E-state index in [9.17, 15) is 9.59 Å². The number of carbonyl (C=O) groups is 2. The number of ether oxygens (including phenoxy) is 1. The largest absolute Gasteiger partial charge is 0.444 e. The molecule has 128 valence electrons. The first-order chi connectivity index (χ1) is 11.1. The maximum Gasteiger partial charge on any atom is 0.413 e. The van der Waals surface area contributed by atoms with Gasteiger partial charge in [-0.05, 0) is 46.8 Å². The van der Waals surface area contributed by atoms with Crippen molar-refractivity contribution in [2.45, 2.75) is 40.2 Å². The number of aryl methyl sites for hydroxylation is 2. The van der Waals surface area contributed by atoms with Gasteiger partial charge in [0.25, 0.3) is 5.91 Å². The van der Waals surface area contributed by atoms with Crippen LogP contribution in [0, 0.1) is 13.8 Å². The van der Waals surface area contributed by atoms with Gasteiger partial charge in [-0.2, -0.15) is 0 Å². The lowest BCUT2D eigenvalue weighted by Gasteiger charge is -2.18. The van der Waals surface area contributed by atoms with Crippen LogP contribution in [0.5, 0.6) is 0 Å². The molecule has 0 unspecified atom stereocenters. The molecule has 24 heavy (non-hydrogen) atoms. The molecule has 0 aliphatic rings. The number of nitrogens with zero attached hydrogens (tertiary/aromatic N) is 1. The molecule has 0 fully saturated rings. The fraction of sp³-hybridized carbons (Fsp3) is 0.353. The van der Waals surface area contributed by atoms with Crippen LogP contribution in [0.2, 0.25) is 0 Å². The quantitative estimate of drug-likeness (QED) is 0.864. The van der Waals surface area contributed by atoms with E-state index in [1.807, 2.05) is 31.2 Å². The van der Waals surface area contributed by atoms with E-state index in [4.69, 9.17) is 4.74 Å². The van der Waals surface area contributed by atoms with Crippen molar-refractivity contribution < 1.29 is 14.3 Å². The molecule has 0 aliphatic carbocycles. The van der Waals surface area contributed by atoms with Crippen molar-refractivity contribution in [2.75, 3.05) is 10.6 Å². The monoisotopic (exact) mass is 347 g/mol. The molecule has 2 N–H and O–H groups in total. The molecule has 0 saturated carbocycles. The van der Waals surface area contributed by atoms with E-state index in [0.29, 0.717) is 21.4 Å². The summed E-state index contributed by atoms with van der Waals surface area (Å²) in [6.07, 6.45) is -0.596. The van der Waals surface area contributed by atoms with Crippen LogP contribution in [0.4, 0.5) is 15.6 Å². The summed E-state index contributed by atoms with van der Waals surface area (Å²) in [5.41, 5.74) is 1.78. The number of nitrogens with one attached hydrogen (secondary N) is 2. The third-order valence-corrected chi connectivity index (χ3v) is 3.99. The smallest absolute Gasteiger partial charge is 0.413 e. The molecule has 1 heterocycles. The number of hydrogen-bond donors (Lipinski definition) is 2. The number of amides is 2. The lowest BCUT2D eigenvalue weighted by Crippen LogP contribution is -2.27. The van der Waals surface area contributed by atoms with Gasteiger partial charge in [-0.15, -0.1) is 0 Å². The molecule has 0 atom stereocenters. The van der Waals surface area contributed by atoms with Crippen molar-refractivity contribution in [1.82, 2.24) is 4.98 Å². The van der Waals surface area contributed by atoms with Gasteiger partial charge in [0.15, 0.2) is 5.13 Å². The van der Waals surface area contributed by atoms with Crippen LogP contribution >= 0.6 is 11.3 Å². The molecular formula is C17H21N3O3S. The zero-order chi connectivity index (χ0) is 17.9. The lowest BCUT2D eigenvalue weighted by atomic mass is 10.2. The zero-order valence-electron chi connectivity index (χ0n) is 14.4. The van der Waals surface area contributed by atoms with Gasteiger partial charge in [0, 0.05) is 5.69 Å². The number of aromatic nitrogens is 1. The molecule has 0 bridgehead atoms. The first kappa shape index (κ1) is 17.9. The maximum atomic E-state index is 12.4. The van der Waals surface area contributed by atoms with E-state index < -0.39 is 11.7 Å². The summed E-state index contributed by atoms with van der Waals surface area (Å²) >= 11 is 1.11. The third kappa shape index (κ3) is 5.06. The molecule has 2 amide bonds. The van der Waals surface area contributed by atoms with Gasteiger partial charge in [-0.3, -0.25) is 10.1 Å². The molecule has 0 saturated heterocycles. The Kier molecular flexibility index (Phi) is 5.23. The van der Waals surface area contributed by atoms with E-state index in [1.165, 1.54) is 0 Å². The predicted octanol–water partition coefficient (Wildman–Crippen LogP) is 4.36. The Hall–Kier alpha value is -2.41. The Bertz CT molecular complexity index is 745. The molecule has 2 rings (SSSR count). The lowest BCUT2D eigenvalue weighted by molar-refractivity contribution is 0.0635. The number of rotatable bonds is 3. The van der Waals surface area contributed by atoms with Gasteiger partial charge in [-0.1, -0.05) is 29.0 Å². The Morgan fingerprint density at radius 1 is 1.08 bits per heavy atom. The van der Waals surface area contributed by atoms with E-state index in [-0.39, 0.29) is 5.91 Å². The van der Waals surface area contributed by atoms with Crippen molar-refractivity contribution in [3.63, 3.8) is 0 Å². The average molecular weight is 347 g/mol. The summed E-state index contributed by atoms with van der Waals surface area (Å²) in [6, 6.07) is 7.52. The minimum absolute atomic E-state index is 0.258. The normalized spacial score (nSPS) is 11.0. The van der Waals surface area contributed by atoms with E-state index in [1.54, 1.807) is 27.7 Å². The Labute approximate surface area is 145 Å². The first-order valence-electron chi connectivity index (χ1n) is 7.49. The maximum absolute atomic E-state index is 12.4. The Morgan fingerprint density at radius 2 is 1.71 bits per heavy atom. The number of anilines is 2. The van der Waals surface area contributed by atoms with E-state index in [2.05, 4.69) is 15.6 Å². The topological polar surface area (TPSA) is 80.3 Å². The van der Waals surface area contributed by atoms with Crippen molar-refractivity contribution in [3.05, 3.63) is 40.4 Å². The van der Waals surface area contributed by atoms with Crippen LogP contribution in [0.15, 0.2) is 24.3 Å². The van der Waals surface area contributed by atoms with Crippen LogP contribution in [0.25, 0.3) is 0 Å². The van der Waals surface area contributed by atoms with Crippen LogP contribution in [-0.2, 0) is 4.74 Å². The second-order valence-corrected chi connectivity index (χ2v) is 7.38. The fourth-order valence-electron chi connectivity index (χ4n) is 1.88. The molecule has 1 aromatic carbocycles. The van der Waals surface area contributed by atoms with Gasteiger partial charge < -0.3 is 10.1 Å². The van der Waals surface area contributed by atoms with Crippen LogP contribution in [0.3, 0.4) is 0 Å². The van der Waals surface area contributed by atoms with Crippen molar-refractivity contribution in [1.29, 1.82) is 0 Å². The summed E-state index contributed by atoms with van der Waals surface area (Å²) in [5, 5.41) is 5.70. The summed E-state index contributed by atoms with van der Waals surface area (Å²) < 4.78 is 5.17. The highest BCUT2D eigenvalue weighted by Gasteiger charge is 2.20. The van der Waals surface area contributed by atoms with Crippen LogP contribution < -0.4 is 10.6 Å². The summed E-state index contributed by atoms with van der Waals surface area (Å²) in [7, 11) is 0. The number of benzene rings is 1. The molecule has 7 heteroatoms. The third-order valence-electron chi connectivity index (χ3n) is 2.92. The minimum atomic E-state index is -0.596. The standard InChI is InChI=1S/C17H21N3O3S/c1-10-6-8-12(9-7-10)19-14(21)13-11(2)18-15(24-13)20-16(22)23-17(3,4)5/h6-9H,1-5H3,(H,19,21)(H,18,20,22). The summed E-state index contributed by atoms with van der Waals surface area (Å²) in [6.45, 7) is 9.04. The number of thiazole rings is 1. The highest BCUT2D eigenvalue weighted by molar-refractivity contribution is 7.17. The summed E-state index contributed by atoms with van der Waals surface area (Å²) in [5.74, 6) is -0.258. The molecule has 0 aliphatic heterocycles. The van der Waals surface area contributed by atoms with Gasteiger partial charge in [0.1, 0.15) is 10.5 Å². The van der Waals surface area contributed by atoms with Gasteiger partial charge in [0.05, 0.1) is 5.69 Å². The first-order valence-corrected chi connectivity index (χ1v) is 8.31. The highest BCUT2D eigenvalue weighted by atomic mass is 32.1. The van der Waals surface area contributed by atoms with Gasteiger partial charge in [-0.25, -0.2) is 9.78 Å². The van der Waals surface area contributed by atoms with Crippen LogP contribution in [-0.4, -0.2) is 22.6 Å². The zero-order valence-corrected chi connectivity index (χ0v) is 15.2. The second-order valence-electron chi connectivity index (χ2n) is 6.38. The SMILES string of the molecule is Cc1ccc(NC(=O)c2sc(NC(=O)OC(C)(C)C)nc2C)cc1. The molecule has 6 nitrogen and oxygen atoms in total. The van der Waals surface area contributed by atoms with Crippen molar-refractivity contribution in [2.24, 2.45) is 0 Å². The van der Waals surface area contributed by atoms with Crippen molar-refractivity contribution in [3.8, 4) is 0 Å². The van der Waals surface area contributed by atoms with Gasteiger partial charge >= 0.3 is 6.09 Å². The fourth-order valence-corrected chi connectivity index (χ4v) is 2.72.